The van der Waals surface area contributed by atoms with Crippen molar-refractivity contribution in [1.82, 2.24) is 0 Å². The van der Waals surface area contributed by atoms with Gasteiger partial charge in [0.25, 0.3) is 0 Å². The van der Waals surface area contributed by atoms with Gasteiger partial charge < -0.3 is 9.71 Å². The van der Waals surface area contributed by atoms with E-state index in [0.717, 1.165) is 0 Å². The van der Waals surface area contributed by atoms with Gasteiger partial charge in [0, 0.05) is 49.2 Å². The molecule has 222 valence electrons. The van der Waals surface area contributed by atoms with Crippen LogP contribution in [-0.4, -0.2) is 6.85 Å². The Labute approximate surface area is 280 Å². The van der Waals surface area contributed by atoms with Crippen molar-refractivity contribution in [3.63, 3.8) is 0 Å². The third-order valence-corrected chi connectivity index (χ3v) is 11.6. The summed E-state index contributed by atoms with van der Waals surface area (Å²) in [6.07, 6.45) is 0. The molecule has 47 heavy (non-hydrogen) atoms. The average Bonchev–Trinajstić information content (AvgIpc) is 3.11. The van der Waals surface area contributed by atoms with Gasteiger partial charge in [0.1, 0.15) is 0 Å². The molecule has 3 aliphatic rings. The van der Waals surface area contributed by atoms with Gasteiger partial charge in [-0.15, -0.1) is 0 Å². The van der Waals surface area contributed by atoms with E-state index in [1.165, 1.54) is 82.2 Å². The minimum Gasteiger partial charge on any atom is -0.376 e. The first-order valence-electron chi connectivity index (χ1n) is 16.4. The molecule has 0 unspecified atom stereocenters. The summed E-state index contributed by atoms with van der Waals surface area (Å²) < 4.78 is 0. The highest BCUT2D eigenvalue weighted by Gasteiger charge is 2.46. The van der Waals surface area contributed by atoms with E-state index >= 15 is 0 Å². The van der Waals surface area contributed by atoms with E-state index in [-0.39, 0.29) is 12.3 Å². The highest BCUT2D eigenvalue weighted by molar-refractivity contribution is 7.99. The van der Waals surface area contributed by atoms with Gasteiger partial charge in [0.05, 0.1) is 0 Å². The lowest BCUT2D eigenvalue weighted by atomic mass is 9.43. The maximum Gasteiger partial charge on any atom is 0.333 e. The van der Waals surface area contributed by atoms with Gasteiger partial charge in [-0.05, 0) is 93.0 Å². The molecule has 7 aromatic carbocycles. The maximum atomic E-state index is 2.62. The zero-order chi connectivity index (χ0) is 31.3. The van der Waals surface area contributed by atoms with E-state index in [1.54, 1.807) is 0 Å². The number of anilines is 5. The molecule has 3 heterocycles. The third kappa shape index (κ3) is 3.76. The second kappa shape index (κ2) is 9.91. The number of nitrogens with zero attached hydrogens (tertiary/aromatic N) is 2. The standard InChI is InChI=1S/C43H31BN2S/c1-43(2)33-21-11-14-24-39(33)47-40-27-37-32(26-34(40)43)41-31-20-10-9-15-28(31)25-38-42(41)44(46(37)30-18-7-4-8-19-30)35-22-12-13-23-36(35)45(38)29-16-5-3-6-17-29/h3-27H,1-2H3. The van der Waals surface area contributed by atoms with Crippen molar-refractivity contribution in [2.45, 2.75) is 29.1 Å². The maximum absolute atomic E-state index is 2.62. The molecule has 0 aliphatic carbocycles. The second-order valence-corrected chi connectivity index (χ2v) is 14.4. The summed E-state index contributed by atoms with van der Waals surface area (Å²) in [5.41, 5.74) is 14.1. The van der Waals surface area contributed by atoms with Crippen molar-refractivity contribution >= 4 is 68.7 Å². The van der Waals surface area contributed by atoms with Crippen LogP contribution < -0.4 is 20.6 Å². The third-order valence-electron chi connectivity index (χ3n) is 10.4. The van der Waals surface area contributed by atoms with Crippen LogP contribution in [0.5, 0.6) is 0 Å². The first-order valence-corrected chi connectivity index (χ1v) is 17.2. The smallest absolute Gasteiger partial charge is 0.333 e. The highest BCUT2D eigenvalue weighted by atomic mass is 32.2. The molecule has 2 nitrogen and oxygen atoms in total. The molecule has 0 fully saturated rings. The summed E-state index contributed by atoms with van der Waals surface area (Å²) >= 11 is 1.91. The molecule has 4 heteroatoms. The number of hydrogen-bond acceptors (Lipinski definition) is 3. The summed E-state index contributed by atoms with van der Waals surface area (Å²) in [4.78, 5) is 7.79. The lowest BCUT2D eigenvalue weighted by Crippen LogP contribution is -2.61. The normalized spacial score (nSPS) is 15.0. The fourth-order valence-corrected chi connectivity index (χ4v) is 9.74. The number of benzene rings is 7. The van der Waals surface area contributed by atoms with Crippen molar-refractivity contribution in [3.05, 3.63) is 163 Å². The van der Waals surface area contributed by atoms with E-state index in [1.807, 2.05) is 11.8 Å². The largest absolute Gasteiger partial charge is 0.376 e. The average molecular weight is 619 g/mol. The molecule has 0 saturated heterocycles. The Morgan fingerprint density at radius 3 is 2.06 bits per heavy atom. The van der Waals surface area contributed by atoms with Crippen LogP contribution in [0.4, 0.5) is 28.4 Å². The zero-order valence-electron chi connectivity index (χ0n) is 26.3. The Morgan fingerprint density at radius 1 is 0.553 bits per heavy atom. The molecule has 0 aromatic heterocycles. The summed E-state index contributed by atoms with van der Waals surface area (Å²) in [6, 6.07) is 56.3. The molecule has 3 aliphatic heterocycles. The van der Waals surface area contributed by atoms with Gasteiger partial charge in [0.2, 0.25) is 0 Å². The summed E-state index contributed by atoms with van der Waals surface area (Å²) in [5, 5.41) is 2.57. The van der Waals surface area contributed by atoms with Crippen molar-refractivity contribution in [2.75, 3.05) is 9.71 Å². The number of rotatable bonds is 2. The Balaban J connectivity index is 1.37. The van der Waals surface area contributed by atoms with Crippen molar-refractivity contribution in [1.29, 1.82) is 0 Å². The predicted octanol–water partition coefficient (Wildman–Crippen LogP) is 10.3. The number of hydrogen-bond donors (Lipinski definition) is 0. The summed E-state index contributed by atoms with van der Waals surface area (Å²) in [5.74, 6) is 0. The molecular formula is C43H31BN2S. The number of fused-ring (bicyclic) bond motifs is 8. The van der Waals surface area contributed by atoms with Gasteiger partial charge in [0.15, 0.2) is 0 Å². The lowest BCUT2D eigenvalue weighted by Gasteiger charge is -2.47. The summed E-state index contributed by atoms with van der Waals surface area (Å²) in [6.45, 7) is 4.79. The van der Waals surface area contributed by atoms with Crippen LogP contribution in [0.1, 0.15) is 25.0 Å². The first kappa shape index (κ1) is 27.0. The lowest BCUT2D eigenvalue weighted by molar-refractivity contribution is 0.608. The van der Waals surface area contributed by atoms with E-state index in [0.29, 0.717) is 0 Å². The van der Waals surface area contributed by atoms with Gasteiger partial charge in [-0.2, -0.15) is 0 Å². The second-order valence-electron chi connectivity index (χ2n) is 13.3. The van der Waals surface area contributed by atoms with Gasteiger partial charge in [-0.3, -0.25) is 0 Å². The SMILES string of the molecule is CC1(C)c2ccccc2Sc2cc3c(cc21)-c1c2c(cc4ccccc14)N(c1ccccc1)c1ccccc1B2N3c1ccccc1. The Hall–Kier alpha value is -5.19. The minimum atomic E-state index is -0.131. The fourth-order valence-electron chi connectivity index (χ4n) is 8.32. The molecule has 0 atom stereocenters. The van der Waals surface area contributed by atoms with E-state index in [2.05, 4.69) is 175 Å². The fraction of sp³-hybridized carbons (Fsp3) is 0.0698. The molecular weight excluding hydrogens is 587 g/mol. The van der Waals surface area contributed by atoms with Gasteiger partial charge >= 0.3 is 6.85 Å². The van der Waals surface area contributed by atoms with Crippen molar-refractivity contribution < 1.29 is 0 Å². The first-order chi connectivity index (χ1) is 23.1. The van der Waals surface area contributed by atoms with Crippen LogP contribution in [0, 0.1) is 0 Å². The van der Waals surface area contributed by atoms with Crippen LogP contribution in [0.15, 0.2) is 161 Å². The molecule has 0 saturated carbocycles. The van der Waals surface area contributed by atoms with Crippen LogP contribution in [0.3, 0.4) is 0 Å². The topological polar surface area (TPSA) is 6.48 Å². The van der Waals surface area contributed by atoms with Crippen LogP contribution in [0.25, 0.3) is 21.9 Å². The molecule has 7 aromatic rings. The predicted molar refractivity (Wildman–Crippen MR) is 200 cm³/mol. The van der Waals surface area contributed by atoms with Gasteiger partial charge in [-0.25, -0.2) is 0 Å². The number of para-hydroxylation sites is 3. The Bertz CT molecular complexity index is 2380. The molecule has 0 spiro atoms. The quantitative estimate of drug-likeness (QED) is 0.178. The molecule has 10 rings (SSSR count). The minimum absolute atomic E-state index is 0.00241. The summed E-state index contributed by atoms with van der Waals surface area (Å²) in [7, 11) is 0. The van der Waals surface area contributed by atoms with Crippen molar-refractivity contribution in [2.24, 2.45) is 0 Å². The Morgan fingerprint density at radius 2 is 1.23 bits per heavy atom. The van der Waals surface area contributed by atoms with Crippen LogP contribution in [0.2, 0.25) is 0 Å². The monoisotopic (exact) mass is 618 g/mol. The van der Waals surface area contributed by atoms with Crippen LogP contribution >= 0.6 is 11.8 Å². The highest BCUT2D eigenvalue weighted by Crippen LogP contribution is 2.55. The Kier molecular flexibility index (Phi) is 5.69. The van der Waals surface area contributed by atoms with E-state index in [4.69, 9.17) is 0 Å². The van der Waals surface area contributed by atoms with Crippen LogP contribution in [-0.2, 0) is 5.41 Å². The molecule has 0 N–H and O–H groups in total. The molecule has 0 radical (unpaired) electrons. The van der Waals surface area contributed by atoms with E-state index < -0.39 is 0 Å². The van der Waals surface area contributed by atoms with E-state index in [9.17, 15) is 0 Å². The zero-order valence-corrected chi connectivity index (χ0v) is 27.1. The molecule has 0 bridgehead atoms. The molecule has 0 amide bonds. The van der Waals surface area contributed by atoms with Gasteiger partial charge in [-0.1, -0.05) is 123 Å². The van der Waals surface area contributed by atoms with Crippen molar-refractivity contribution in [3.8, 4) is 11.1 Å².